The van der Waals surface area contributed by atoms with Crippen LogP contribution in [0.15, 0.2) is 24.3 Å². The van der Waals surface area contributed by atoms with Gasteiger partial charge in [-0.2, -0.15) is 11.8 Å². The molecule has 0 saturated carbocycles. The van der Waals surface area contributed by atoms with Crippen LogP contribution in [0.1, 0.15) is 25.8 Å². The van der Waals surface area contributed by atoms with Crippen molar-refractivity contribution in [2.75, 3.05) is 11.5 Å². The van der Waals surface area contributed by atoms with Crippen molar-refractivity contribution in [2.45, 2.75) is 38.3 Å². The van der Waals surface area contributed by atoms with Gasteiger partial charge in [0.1, 0.15) is 11.9 Å². The van der Waals surface area contributed by atoms with E-state index in [0.717, 1.165) is 17.9 Å². The van der Waals surface area contributed by atoms with Crippen LogP contribution in [-0.2, 0) is 6.42 Å². The van der Waals surface area contributed by atoms with E-state index in [0.29, 0.717) is 6.10 Å². The SMILES string of the molecule is CC(C)(N)Cc1ccc(OC2CCSC2)cc1. The highest BCUT2D eigenvalue weighted by atomic mass is 32.2. The van der Waals surface area contributed by atoms with Crippen LogP contribution < -0.4 is 10.5 Å². The number of rotatable bonds is 4. The third-order valence-corrected chi connectivity index (χ3v) is 3.91. The van der Waals surface area contributed by atoms with E-state index >= 15 is 0 Å². The lowest BCUT2D eigenvalue weighted by Gasteiger charge is -2.19. The fourth-order valence-electron chi connectivity index (χ4n) is 2.01. The van der Waals surface area contributed by atoms with Crippen molar-refractivity contribution in [2.24, 2.45) is 5.73 Å². The fraction of sp³-hybridized carbons (Fsp3) is 0.571. The van der Waals surface area contributed by atoms with E-state index in [4.69, 9.17) is 10.5 Å². The summed E-state index contributed by atoms with van der Waals surface area (Å²) in [4.78, 5) is 0. The molecule has 3 heteroatoms. The molecule has 2 rings (SSSR count). The summed E-state index contributed by atoms with van der Waals surface area (Å²) in [6.45, 7) is 4.10. The van der Waals surface area contributed by atoms with E-state index in [1.807, 2.05) is 25.6 Å². The van der Waals surface area contributed by atoms with Crippen LogP contribution in [0.5, 0.6) is 5.75 Å². The predicted octanol–water partition coefficient (Wildman–Crippen LogP) is 2.85. The van der Waals surface area contributed by atoms with E-state index in [1.54, 1.807) is 0 Å². The minimum absolute atomic E-state index is 0.148. The van der Waals surface area contributed by atoms with Gasteiger partial charge < -0.3 is 10.5 Å². The molecule has 1 atom stereocenters. The van der Waals surface area contributed by atoms with E-state index in [-0.39, 0.29) is 5.54 Å². The average Bonchev–Trinajstić information content (AvgIpc) is 2.71. The molecule has 1 unspecified atom stereocenters. The van der Waals surface area contributed by atoms with E-state index < -0.39 is 0 Å². The van der Waals surface area contributed by atoms with Crippen LogP contribution in [-0.4, -0.2) is 23.1 Å². The fourth-order valence-corrected chi connectivity index (χ4v) is 3.10. The first-order valence-electron chi connectivity index (χ1n) is 6.15. The van der Waals surface area contributed by atoms with Gasteiger partial charge in [-0.15, -0.1) is 0 Å². The summed E-state index contributed by atoms with van der Waals surface area (Å²) in [6.07, 6.45) is 2.46. The third kappa shape index (κ3) is 4.25. The van der Waals surface area contributed by atoms with Crippen molar-refractivity contribution >= 4 is 11.8 Å². The molecule has 0 bridgehead atoms. The van der Waals surface area contributed by atoms with Crippen LogP contribution in [0.25, 0.3) is 0 Å². The first-order chi connectivity index (χ1) is 8.03. The molecule has 1 fully saturated rings. The van der Waals surface area contributed by atoms with Crippen LogP contribution in [0, 0.1) is 0 Å². The number of ether oxygens (including phenoxy) is 1. The van der Waals surface area contributed by atoms with Crippen LogP contribution in [0.3, 0.4) is 0 Å². The second-order valence-electron chi connectivity index (χ2n) is 5.41. The molecule has 0 radical (unpaired) electrons. The number of benzene rings is 1. The van der Waals surface area contributed by atoms with Crippen molar-refractivity contribution in [1.82, 2.24) is 0 Å². The highest BCUT2D eigenvalue weighted by Crippen LogP contribution is 2.23. The Morgan fingerprint density at radius 1 is 1.35 bits per heavy atom. The highest BCUT2D eigenvalue weighted by Gasteiger charge is 2.17. The van der Waals surface area contributed by atoms with Gasteiger partial charge in [0.05, 0.1) is 0 Å². The van der Waals surface area contributed by atoms with Gasteiger partial charge in [0, 0.05) is 11.3 Å². The maximum absolute atomic E-state index is 6.00. The number of thioether (sulfide) groups is 1. The molecule has 94 valence electrons. The largest absolute Gasteiger partial charge is 0.490 e. The van der Waals surface area contributed by atoms with Gasteiger partial charge in [-0.3, -0.25) is 0 Å². The van der Waals surface area contributed by atoms with Crippen LogP contribution >= 0.6 is 11.8 Å². The maximum Gasteiger partial charge on any atom is 0.119 e. The van der Waals surface area contributed by atoms with Gasteiger partial charge in [-0.1, -0.05) is 12.1 Å². The van der Waals surface area contributed by atoms with Gasteiger partial charge in [0.2, 0.25) is 0 Å². The van der Waals surface area contributed by atoms with Gasteiger partial charge in [0.25, 0.3) is 0 Å². The molecule has 0 spiro atoms. The smallest absolute Gasteiger partial charge is 0.119 e. The summed E-state index contributed by atoms with van der Waals surface area (Å²) >= 11 is 1.97. The Morgan fingerprint density at radius 2 is 2.06 bits per heavy atom. The number of hydrogen-bond acceptors (Lipinski definition) is 3. The Kier molecular flexibility index (Phi) is 4.00. The molecule has 1 aromatic rings. The zero-order valence-electron chi connectivity index (χ0n) is 10.6. The Labute approximate surface area is 108 Å². The summed E-state index contributed by atoms with van der Waals surface area (Å²) in [7, 11) is 0. The molecule has 1 aliphatic heterocycles. The third-order valence-electron chi connectivity index (χ3n) is 2.77. The second kappa shape index (κ2) is 5.32. The molecule has 1 aliphatic rings. The first-order valence-corrected chi connectivity index (χ1v) is 7.31. The van der Waals surface area contributed by atoms with Crippen molar-refractivity contribution in [3.05, 3.63) is 29.8 Å². The van der Waals surface area contributed by atoms with E-state index in [9.17, 15) is 0 Å². The Hall–Kier alpha value is -0.670. The summed E-state index contributed by atoms with van der Waals surface area (Å²) in [5.74, 6) is 3.33. The second-order valence-corrected chi connectivity index (χ2v) is 6.56. The van der Waals surface area contributed by atoms with Gasteiger partial charge in [-0.25, -0.2) is 0 Å². The quantitative estimate of drug-likeness (QED) is 0.893. The average molecular weight is 251 g/mol. The molecule has 0 aromatic heterocycles. The maximum atomic E-state index is 6.00. The highest BCUT2D eigenvalue weighted by molar-refractivity contribution is 7.99. The predicted molar refractivity (Wildman–Crippen MR) is 74.8 cm³/mol. The van der Waals surface area contributed by atoms with E-state index in [1.165, 1.54) is 17.7 Å². The van der Waals surface area contributed by atoms with Crippen molar-refractivity contribution in [1.29, 1.82) is 0 Å². The first kappa shape index (κ1) is 12.8. The van der Waals surface area contributed by atoms with Gasteiger partial charge >= 0.3 is 0 Å². The molecule has 0 aliphatic carbocycles. The van der Waals surface area contributed by atoms with Crippen LogP contribution in [0.2, 0.25) is 0 Å². The number of hydrogen-bond donors (Lipinski definition) is 1. The Bertz CT molecular complexity index is 349. The van der Waals surface area contributed by atoms with Crippen LogP contribution in [0.4, 0.5) is 0 Å². The summed E-state index contributed by atoms with van der Waals surface area (Å²) < 4.78 is 5.91. The van der Waals surface area contributed by atoms with Crippen molar-refractivity contribution in [3.8, 4) is 5.75 Å². The molecule has 2 N–H and O–H groups in total. The lowest BCUT2D eigenvalue weighted by atomic mass is 9.96. The number of nitrogens with two attached hydrogens (primary N) is 1. The topological polar surface area (TPSA) is 35.2 Å². The van der Waals surface area contributed by atoms with Gasteiger partial charge in [-0.05, 0) is 50.1 Å². The van der Waals surface area contributed by atoms with E-state index in [2.05, 4.69) is 24.3 Å². The molecule has 1 saturated heterocycles. The van der Waals surface area contributed by atoms with Crippen molar-refractivity contribution in [3.63, 3.8) is 0 Å². The molecule has 1 heterocycles. The standard InChI is InChI=1S/C14H21NOS/c1-14(2,15)9-11-3-5-12(6-4-11)16-13-7-8-17-10-13/h3-6,13H,7-10,15H2,1-2H3. The Balaban J connectivity index is 1.93. The zero-order valence-corrected chi connectivity index (χ0v) is 11.4. The molecule has 0 amide bonds. The summed E-state index contributed by atoms with van der Waals surface area (Å²) in [6, 6.07) is 8.35. The monoisotopic (exact) mass is 251 g/mol. The molecule has 17 heavy (non-hydrogen) atoms. The minimum Gasteiger partial charge on any atom is -0.490 e. The molecular formula is C14H21NOS. The van der Waals surface area contributed by atoms with Gasteiger partial charge in [0.15, 0.2) is 0 Å². The summed E-state index contributed by atoms with van der Waals surface area (Å²) in [5.41, 5.74) is 7.12. The lowest BCUT2D eigenvalue weighted by molar-refractivity contribution is 0.229. The zero-order chi connectivity index (χ0) is 12.3. The normalized spacial score (nSPS) is 20.5. The van der Waals surface area contributed by atoms with Crippen molar-refractivity contribution < 1.29 is 4.74 Å². The molecule has 2 nitrogen and oxygen atoms in total. The summed E-state index contributed by atoms with van der Waals surface area (Å²) in [5, 5.41) is 0. The Morgan fingerprint density at radius 3 is 2.59 bits per heavy atom. The minimum atomic E-state index is -0.148. The lowest BCUT2D eigenvalue weighted by Crippen LogP contribution is -2.34. The molecular weight excluding hydrogens is 230 g/mol. The molecule has 1 aromatic carbocycles.